The summed E-state index contributed by atoms with van der Waals surface area (Å²) in [5, 5.41) is 13.9. The van der Waals surface area contributed by atoms with Crippen LogP contribution in [-0.4, -0.2) is 54.9 Å². The number of hydrogen-bond donors (Lipinski definition) is 0. The van der Waals surface area contributed by atoms with Crippen LogP contribution in [0.4, 0.5) is 0 Å². The quantitative estimate of drug-likeness (QED) is 0.0810. The van der Waals surface area contributed by atoms with Crippen molar-refractivity contribution in [2.45, 2.75) is 45.7 Å². The molecule has 55 heavy (non-hydrogen) atoms. The van der Waals surface area contributed by atoms with Crippen LogP contribution in [0.5, 0.6) is 0 Å². The molecule has 10 heteroatoms. The van der Waals surface area contributed by atoms with Gasteiger partial charge in [-0.1, -0.05) is 140 Å². The third kappa shape index (κ3) is 7.06. The summed E-state index contributed by atoms with van der Waals surface area (Å²) in [6.07, 6.45) is 1.28. The van der Waals surface area contributed by atoms with Gasteiger partial charge in [-0.25, -0.2) is 19.3 Å². The fourth-order valence-electron chi connectivity index (χ4n) is 7.24. The second kappa shape index (κ2) is 16.6. The van der Waals surface area contributed by atoms with Crippen LogP contribution in [-0.2, 0) is 28.0 Å². The second-order valence-electron chi connectivity index (χ2n) is 13.0. The van der Waals surface area contributed by atoms with Crippen molar-refractivity contribution < 1.29 is 19.1 Å². The highest BCUT2D eigenvalue weighted by Gasteiger charge is 2.42. The molecule has 0 N–H and O–H groups in total. The highest BCUT2D eigenvalue weighted by Crippen LogP contribution is 2.43. The molecular formula is C45H42N6O4. The van der Waals surface area contributed by atoms with Crippen LogP contribution in [0.25, 0.3) is 22.5 Å². The average molecular weight is 731 g/mol. The lowest BCUT2D eigenvalue weighted by Crippen LogP contribution is -2.39. The zero-order chi connectivity index (χ0) is 38.2. The predicted molar refractivity (Wildman–Crippen MR) is 211 cm³/mol. The lowest BCUT2D eigenvalue weighted by atomic mass is 9.77. The van der Waals surface area contributed by atoms with Gasteiger partial charge in [0.2, 0.25) is 0 Å². The van der Waals surface area contributed by atoms with Gasteiger partial charge in [-0.05, 0) is 70.1 Å². The van der Waals surface area contributed by atoms with Crippen molar-refractivity contribution in [1.29, 1.82) is 0 Å². The van der Waals surface area contributed by atoms with Crippen molar-refractivity contribution in [2.24, 2.45) is 0 Å². The first-order valence-corrected chi connectivity index (χ1v) is 18.6. The Morgan fingerprint density at radius 1 is 0.655 bits per heavy atom. The van der Waals surface area contributed by atoms with Gasteiger partial charge in [0.05, 0.1) is 13.2 Å². The first-order chi connectivity index (χ1) is 27.0. The molecule has 0 saturated carbocycles. The zero-order valence-corrected chi connectivity index (χ0v) is 31.1. The molecule has 0 atom stereocenters. The number of benzene rings is 5. The molecular weight excluding hydrogens is 689 g/mol. The molecule has 2 aromatic heterocycles. The monoisotopic (exact) mass is 730 g/mol. The van der Waals surface area contributed by atoms with E-state index >= 15 is 0 Å². The van der Waals surface area contributed by atoms with Gasteiger partial charge in [-0.15, -0.1) is 5.10 Å². The minimum atomic E-state index is -0.975. The van der Waals surface area contributed by atoms with Crippen molar-refractivity contribution in [3.8, 4) is 22.5 Å². The van der Waals surface area contributed by atoms with Crippen LogP contribution in [0.1, 0.15) is 76.2 Å². The molecule has 7 rings (SSSR count). The van der Waals surface area contributed by atoms with Gasteiger partial charge in [-0.3, -0.25) is 0 Å². The number of ether oxygens (including phenoxy) is 2. The van der Waals surface area contributed by atoms with Crippen molar-refractivity contribution in [3.05, 3.63) is 179 Å². The first kappa shape index (κ1) is 36.7. The van der Waals surface area contributed by atoms with Crippen molar-refractivity contribution in [2.75, 3.05) is 13.2 Å². The molecule has 0 spiro atoms. The maximum absolute atomic E-state index is 13.5. The molecule has 0 unspecified atom stereocenters. The fourth-order valence-corrected chi connectivity index (χ4v) is 7.24. The number of imidazole rings is 1. The van der Waals surface area contributed by atoms with Crippen LogP contribution >= 0.6 is 0 Å². The number of carbonyl (C=O) groups excluding carboxylic acids is 2. The van der Waals surface area contributed by atoms with E-state index in [1.807, 2.05) is 90.5 Å². The standard InChI is InChI=1S/C45H42N6O4/c1-4-19-39-46-40(43(52)54-5-2)41(44(53)55-6-3)50(39)31-32-28-29-37(33-20-11-7-12-21-33)38(30-32)42-47-48-49-51(42)45(34-22-13-8-14-23-34,35-24-15-9-16-25-35)36-26-17-10-18-27-36/h7-18,20-30H,4-6,19,31H2,1-3H3. The summed E-state index contributed by atoms with van der Waals surface area (Å²) >= 11 is 0. The van der Waals surface area contributed by atoms with E-state index in [0.717, 1.165) is 45.4 Å². The Bertz CT molecular complexity index is 2280. The third-order valence-electron chi connectivity index (χ3n) is 9.57. The summed E-state index contributed by atoms with van der Waals surface area (Å²) in [5.74, 6) is -0.179. The fraction of sp³-hybridized carbons (Fsp3) is 0.200. The Hall–Kier alpha value is -6.68. The minimum Gasteiger partial charge on any atom is -0.461 e. The van der Waals surface area contributed by atoms with Crippen molar-refractivity contribution in [1.82, 2.24) is 29.8 Å². The predicted octanol–water partition coefficient (Wildman–Crippen LogP) is 8.40. The van der Waals surface area contributed by atoms with Crippen LogP contribution in [0.15, 0.2) is 140 Å². The lowest BCUT2D eigenvalue weighted by molar-refractivity contribution is 0.0467. The van der Waals surface area contributed by atoms with Gasteiger partial charge >= 0.3 is 11.9 Å². The molecule has 0 aliphatic rings. The minimum absolute atomic E-state index is 0.0489. The highest BCUT2D eigenvalue weighted by atomic mass is 16.5. The van der Waals surface area contributed by atoms with Gasteiger partial charge in [0.1, 0.15) is 11.4 Å². The lowest BCUT2D eigenvalue weighted by Gasteiger charge is -2.36. The van der Waals surface area contributed by atoms with E-state index in [9.17, 15) is 9.59 Å². The van der Waals surface area contributed by atoms with Gasteiger partial charge in [0.15, 0.2) is 17.2 Å². The summed E-state index contributed by atoms with van der Waals surface area (Å²) < 4.78 is 14.5. The Balaban J connectivity index is 1.48. The van der Waals surface area contributed by atoms with Crippen LogP contribution < -0.4 is 0 Å². The number of carbonyl (C=O) groups is 2. The number of nitrogens with zero attached hydrogens (tertiary/aromatic N) is 6. The molecule has 276 valence electrons. The number of rotatable bonds is 14. The Morgan fingerprint density at radius 2 is 1.20 bits per heavy atom. The van der Waals surface area contributed by atoms with E-state index in [0.29, 0.717) is 18.1 Å². The Labute approximate surface area is 320 Å². The topological polar surface area (TPSA) is 114 Å². The smallest absolute Gasteiger partial charge is 0.359 e. The van der Waals surface area contributed by atoms with E-state index in [4.69, 9.17) is 19.8 Å². The van der Waals surface area contributed by atoms with Gasteiger partial charge in [0.25, 0.3) is 0 Å². The van der Waals surface area contributed by atoms with Crippen LogP contribution in [0.2, 0.25) is 0 Å². The summed E-state index contributed by atoms with van der Waals surface area (Å²) in [6, 6.07) is 47.1. The Kier molecular flexibility index (Phi) is 11.0. The Morgan fingerprint density at radius 3 is 1.75 bits per heavy atom. The van der Waals surface area contributed by atoms with E-state index < -0.39 is 17.5 Å². The second-order valence-corrected chi connectivity index (χ2v) is 13.0. The number of aromatic nitrogens is 6. The maximum atomic E-state index is 13.5. The number of hydrogen-bond acceptors (Lipinski definition) is 8. The SMILES string of the molecule is CCCc1nc(C(=O)OCC)c(C(=O)OCC)n1Cc1ccc(-c2ccccc2)c(-c2nnnn2C(c2ccccc2)(c2ccccc2)c2ccccc2)c1. The van der Waals surface area contributed by atoms with Crippen LogP contribution in [0, 0.1) is 0 Å². The largest absolute Gasteiger partial charge is 0.461 e. The van der Waals surface area contributed by atoms with Crippen LogP contribution in [0.3, 0.4) is 0 Å². The van der Waals surface area contributed by atoms with Crippen molar-refractivity contribution in [3.63, 3.8) is 0 Å². The van der Waals surface area contributed by atoms with E-state index in [1.165, 1.54) is 0 Å². The molecule has 5 aromatic carbocycles. The molecule has 0 amide bonds. The molecule has 0 saturated heterocycles. The summed E-state index contributed by atoms with van der Waals surface area (Å²) in [5.41, 5.74) is 5.49. The molecule has 10 nitrogen and oxygen atoms in total. The first-order valence-electron chi connectivity index (χ1n) is 18.6. The van der Waals surface area contributed by atoms with Gasteiger partial charge in [-0.2, -0.15) is 0 Å². The molecule has 0 radical (unpaired) electrons. The molecule has 0 aliphatic carbocycles. The maximum Gasteiger partial charge on any atom is 0.359 e. The molecule has 0 fully saturated rings. The van der Waals surface area contributed by atoms with E-state index in [1.54, 1.807) is 18.4 Å². The average Bonchev–Trinajstić information content (AvgIpc) is 3.86. The van der Waals surface area contributed by atoms with E-state index in [-0.39, 0.29) is 31.1 Å². The van der Waals surface area contributed by atoms with E-state index in [2.05, 4.69) is 70.9 Å². The number of tetrazole rings is 1. The molecule has 2 heterocycles. The summed E-state index contributed by atoms with van der Waals surface area (Å²) in [4.78, 5) is 31.3. The zero-order valence-electron chi connectivity index (χ0n) is 31.1. The van der Waals surface area contributed by atoms with Gasteiger partial charge in [0, 0.05) is 18.5 Å². The summed E-state index contributed by atoms with van der Waals surface area (Å²) in [7, 11) is 0. The molecule has 7 aromatic rings. The highest BCUT2D eigenvalue weighted by molar-refractivity contribution is 6.01. The number of aryl methyl sites for hydroxylation is 1. The molecule has 0 bridgehead atoms. The normalized spacial score (nSPS) is 11.3. The number of esters is 2. The third-order valence-corrected chi connectivity index (χ3v) is 9.57. The van der Waals surface area contributed by atoms with Gasteiger partial charge < -0.3 is 14.0 Å². The molecule has 0 aliphatic heterocycles. The van der Waals surface area contributed by atoms with Crippen molar-refractivity contribution >= 4 is 11.9 Å². The summed E-state index contributed by atoms with van der Waals surface area (Å²) in [6.45, 7) is 5.98.